The Labute approximate surface area is 112 Å². The van der Waals surface area contributed by atoms with Crippen LogP contribution < -0.4 is 10.6 Å². The van der Waals surface area contributed by atoms with E-state index in [1.807, 2.05) is 18.2 Å². The summed E-state index contributed by atoms with van der Waals surface area (Å²) in [7, 11) is 0. The first-order valence-corrected chi connectivity index (χ1v) is 6.30. The summed E-state index contributed by atoms with van der Waals surface area (Å²) < 4.78 is 5.14. The second-order valence-corrected chi connectivity index (χ2v) is 4.39. The van der Waals surface area contributed by atoms with E-state index < -0.39 is 0 Å². The van der Waals surface area contributed by atoms with Crippen molar-refractivity contribution in [3.63, 3.8) is 0 Å². The molecule has 4 heteroatoms. The van der Waals surface area contributed by atoms with E-state index in [0.29, 0.717) is 19.6 Å². The maximum atomic E-state index is 11.6. The third-order valence-electron chi connectivity index (χ3n) is 2.90. The molecule has 0 saturated heterocycles. The highest BCUT2D eigenvalue weighted by molar-refractivity contribution is 5.77. The van der Waals surface area contributed by atoms with Gasteiger partial charge in [-0.1, -0.05) is 24.3 Å². The van der Waals surface area contributed by atoms with Crippen LogP contribution in [0.2, 0.25) is 0 Å². The Morgan fingerprint density at radius 2 is 2.00 bits per heavy atom. The molecule has 0 radical (unpaired) electrons. The van der Waals surface area contributed by atoms with E-state index >= 15 is 0 Å². The molecule has 19 heavy (non-hydrogen) atoms. The van der Waals surface area contributed by atoms with Gasteiger partial charge in [-0.05, 0) is 30.2 Å². The summed E-state index contributed by atoms with van der Waals surface area (Å²) in [5, 5.41) is 5.92. The number of furan rings is 1. The maximum Gasteiger partial charge on any atom is 0.234 e. The van der Waals surface area contributed by atoms with Crippen LogP contribution in [-0.2, 0) is 17.9 Å². The minimum Gasteiger partial charge on any atom is -0.467 e. The molecule has 0 saturated carbocycles. The third-order valence-corrected chi connectivity index (χ3v) is 2.90. The predicted molar refractivity (Wildman–Crippen MR) is 73.4 cm³/mol. The van der Waals surface area contributed by atoms with Crippen LogP contribution in [0.1, 0.15) is 16.9 Å². The summed E-state index contributed by atoms with van der Waals surface area (Å²) in [5.74, 6) is 0.720. The molecule has 4 nitrogen and oxygen atoms in total. The van der Waals surface area contributed by atoms with Gasteiger partial charge in [-0.2, -0.15) is 0 Å². The number of carbonyl (C=O) groups excluding carboxylic acids is 1. The fraction of sp³-hybridized carbons (Fsp3) is 0.267. The van der Waals surface area contributed by atoms with Gasteiger partial charge in [-0.25, -0.2) is 0 Å². The molecule has 100 valence electrons. The normalized spacial score (nSPS) is 10.4. The first kappa shape index (κ1) is 13.4. The number of amides is 1. The monoisotopic (exact) mass is 258 g/mol. The molecule has 1 heterocycles. The van der Waals surface area contributed by atoms with Crippen LogP contribution in [-0.4, -0.2) is 12.5 Å². The van der Waals surface area contributed by atoms with E-state index in [0.717, 1.165) is 5.76 Å². The summed E-state index contributed by atoms with van der Waals surface area (Å²) in [6, 6.07) is 11.8. The van der Waals surface area contributed by atoms with Crippen molar-refractivity contribution in [1.82, 2.24) is 10.6 Å². The molecular formula is C15H18N2O2. The molecule has 0 aliphatic rings. The largest absolute Gasteiger partial charge is 0.467 e. The van der Waals surface area contributed by atoms with Crippen LogP contribution in [0.3, 0.4) is 0 Å². The molecule has 1 aromatic heterocycles. The molecule has 0 spiro atoms. The quantitative estimate of drug-likeness (QED) is 0.833. The summed E-state index contributed by atoms with van der Waals surface area (Å²) >= 11 is 0. The Kier molecular flexibility index (Phi) is 4.75. The van der Waals surface area contributed by atoms with Crippen LogP contribution in [0, 0.1) is 6.92 Å². The number of rotatable bonds is 6. The van der Waals surface area contributed by atoms with Crippen molar-refractivity contribution < 1.29 is 9.21 Å². The zero-order valence-electron chi connectivity index (χ0n) is 11.0. The molecule has 0 bridgehead atoms. The van der Waals surface area contributed by atoms with Gasteiger partial charge in [-0.3, -0.25) is 4.79 Å². The number of hydrogen-bond acceptors (Lipinski definition) is 3. The van der Waals surface area contributed by atoms with Gasteiger partial charge in [0.25, 0.3) is 0 Å². The molecule has 2 aromatic rings. The first-order chi connectivity index (χ1) is 9.25. The molecule has 0 fully saturated rings. The number of benzene rings is 1. The lowest BCUT2D eigenvalue weighted by Crippen LogP contribution is -2.33. The summed E-state index contributed by atoms with van der Waals surface area (Å²) in [4.78, 5) is 11.6. The van der Waals surface area contributed by atoms with Crippen molar-refractivity contribution >= 4 is 5.91 Å². The number of nitrogens with one attached hydrogen (secondary N) is 2. The highest BCUT2D eigenvalue weighted by Crippen LogP contribution is 2.05. The lowest BCUT2D eigenvalue weighted by atomic mass is 10.1. The summed E-state index contributed by atoms with van der Waals surface area (Å²) in [6.45, 7) is 3.49. The molecule has 1 aromatic carbocycles. The van der Waals surface area contributed by atoms with E-state index in [4.69, 9.17) is 4.42 Å². The topological polar surface area (TPSA) is 54.3 Å². The molecule has 0 atom stereocenters. The molecular weight excluding hydrogens is 240 g/mol. The van der Waals surface area contributed by atoms with E-state index in [9.17, 15) is 4.79 Å². The average molecular weight is 258 g/mol. The van der Waals surface area contributed by atoms with Gasteiger partial charge in [0.05, 0.1) is 19.4 Å². The zero-order valence-corrected chi connectivity index (χ0v) is 11.0. The van der Waals surface area contributed by atoms with Gasteiger partial charge >= 0.3 is 0 Å². The molecule has 0 aliphatic carbocycles. The van der Waals surface area contributed by atoms with Crippen LogP contribution in [0.5, 0.6) is 0 Å². The SMILES string of the molecule is Cc1ccccc1CNCC(=O)NCc1ccco1. The lowest BCUT2D eigenvalue weighted by Gasteiger charge is -2.07. The highest BCUT2D eigenvalue weighted by atomic mass is 16.3. The van der Waals surface area contributed by atoms with Gasteiger partial charge in [0.15, 0.2) is 0 Å². The fourth-order valence-electron chi connectivity index (χ4n) is 1.78. The van der Waals surface area contributed by atoms with Crippen LogP contribution >= 0.6 is 0 Å². The Morgan fingerprint density at radius 3 is 2.74 bits per heavy atom. The van der Waals surface area contributed by atoms with Crippen LogP contribution in [0.4, 0.5) is 0 Å². The van der Waals surface area contributed by atoms with Gasteiger partial charge in [0, 0.05) is 6.54 Å². The molecule has 2 N–H and O–H groups in total. The highest BCUT2D eigenvalue weighted by Gasteiger charge is 2.03. The van der Waals surface area contributed by atoms with Gasteiger partial charge in [0.2, 0.25) is 5.91 Å². The third kappa shape index (κ3) is 4.26. The Morgan fingerprint density at radius 1 is 1.16 bits per heavy atom. The van der Waals surface area contributed by atoms with Crippen LogP contribution in [0.15, 0.2) is 47.1 Å². The lowest BCUT2D eigenvalue weighted by molar-refractivity contribution is -0.120. The van der Waals surface area contributed by atoms with E-state index in [-0.39, 0.29) is 5.91 Å². The number of aryl methyl sites for hydroxylation is 1. The van der Waals surface area contributed by atoms with Gasteiger partial charge in [0.1, 0.15) is 5.76 Å². The van der Waals surface area contributed by atoms with Crippen molar-refractivity contribution in [3.8, 4) is 0 Å². The average Bonchev–Trinajstić information content (AvgIpc) is 2.92. The Balaban J connectivity index is 1.68. The minimum absolute atomic E-state index is 0.0371. The Hall–Kier alpha value is -2.07. The number of hydrogen-bond donors (Lipinski definition) is 2. The van der Waals surface area contributed by atoms with E-state index in [2.05, 4.69) is 29.7 Å². The van der Waals surface area contributed by atoms with Crippen molar-refractivity contribution in [1.29, 1.82) is 0 Å². The van der Waals surface area contributed by atoms with Crippen molar-refractivity contribution in [2.45, 2.75) is 20.0 Å². The zero-order chi connectivity index (χ0) is 13.5. The smallest absolute Gasteiger partial charge is 0.234 e. The van der Waals surface area contributed by atoms with Crippen molar-refractivity contribution in [2.24, 2.45) is 0 Å². The predicted octanol–water partition coefficient (Wildman–Crippen LogP) is 1.99. The fourth-order valence-corrected chi connectivity index (χ4v) is 1.78. The molecule has 2 rings (SSSR count). The maximum absolute atomic E-state index is 11.6. The first-order valence-electron chi connectivity index (χ1n) is 6.30. The summed E-state index contributed by atoms with van der Waals surface area (Å²) in [6.07, 6.45) is 1.60. The van der Waals surface area contributed by atoms with Crippen molar-refractivity contribution in [3.05, 3.63) is 59.5 Å². The van der Waals surface area contributed by atoms with E-state index in [1.54, 1.807) is 12.3 Å². The van der Waals surface area contributed by atoms with Gasteiger partial charge < -0.3 is 15.1 Å². The molecule has 0 unspecified atom stereocenters. The van der Waals surface area contributed by atoms with E-state index in [1.165, 1.54) is 11.1 Å². The second-order valence-electron chi connectivity index (χ2n) is 4.39. The Bertz CT molecular complexity index is 521. The standard InChI is InChI=1S/C15H18N2O2/c1-12-5-2-3-6-13(12)9-16-11-15(18)17-10-14-7-4-8-19-14/h2-8,16H,9-11H2,1H3,(H,17,18). The second kappa shape index (κ2) is 6.75. The summed E-state index contributed by atoms with van der Waals surface area (Å²) in [5.41, 5.74) is 2.44. The van der Waals surface area contributed by atoms with Crippen LogP contribution in [0.25, 0.3) is 0 Å². The molecule has 1 amide bonds. The number of carbonyl (C=O) groups is 1. The molecule has 0 aliphatic heterocycles. The minimum atomic E-state index is -0.0371. The van der Waals surface area contributed by atoms with Gasteiger partial charge in [-0.15, -0.1) is 0 Å². The van der Waals surface area contributed by atoms with Crippen molar-refractivity contribution in [2.75, 3.05) is 6.54 Å².